The number of hydrogen-bond acceptors (Lipinski definition) is 3. The Morgan fingerprint density at radius 3 is 2.43 bits per heavy atom. The van der Waals surface area contributed by atoms with Crippen LogP contribution in [0.4, 0.5) is 13.2 Å². The zero-order chi connectivity index (χ0) is 20.9. The molecule has 0 atom stereocenters. The summed E-state index contributed by atoms with van der Waals surface area (Å²) in [4.78, 5) is 4.66. The molecule has 30 heavy (non-hydrogen) atoms. The number of halogens is 3. The van der Waals surface area contributed by atoms with Crippen molar-refractivity contribution >= 4 is 42.5 Å². The summed E-state index contributed by atoms with van der Waals surface area (Å²) in [6.07, 6.45) is -3.81. The highest BCUT2D eigenvalue weighted by Crippen LogP contribution is 2.40. The number of alkyl halides is 3. The lowest BCUT2D eigenvalue weighted by Gasteiger charge is -2.12. The molecule has 2 aromatic heterocycles. The molecule has 5 rings (SSSR count). The fourth-order valence-electron chi connectivity index (χ4n) is 3.77. The van der Waals surface area contributed by atoms with Gasteiger partial charge in [-0.3, -0.25) is 0 Å². The molecule has 2 heterocycles. The number of fused-ring (bicyclic) bond motifs is 4. The average Bonchev–Trinajstić information content (AvgIpc) is 3.11. The molecule has 0 N–H and O–H groups in total. The fourth-order valence-corrected chi connectivity index (χ4v) is 4.97. The summed E-state index contributed by atoms with van der Waals surface area (Å²) in [6, 6.07) is 19.5. The van der Waals surface area contributed by atoms with Crippen molar-refractivity contribution < 1.29 is 17.9 Å². The first-order chi connectivity index (χ1) is 14.4. The summed E-state index contributed by atoms with van der Waals surface area (Å²) in [5.74, 6) is 0.764. The number of nitrogens with zero attached hydrogens (tertiary/aromatic N) is 1. The summed E-state index contributed by atoms with van der Waals surface area (Å²) in [7, 11) is 1.62. The van der Waals surface area contributed by atoms with E-state index in [9.17, 15) is 13.2 Å². The Morgan fingerprint density at radius 2 is 1.70 bits per heavy atom. The van der Waals surface area contributed by atoms with Crippen LogP contribution >= 0.6 is 11.3 Å². The number of aromatic nitrogens is 1. The molecule has 0 aliphatic rings. The van der Waals surface area contributed by atoms with Gasteiger partial charge >= 0.3 is 6.18 Å². The van der Waals surface area contributed by atoms with Crippen LogP contribution in [0.2, 0.25) is 0 Å². The van der Waals surface area contributed by atoms with Gasteiger partial charge in [-0.05, 0) is 47.9 Å². The normalized spacial score (nSPS) is 12.1. The quantitative estimate of drug-likeness (QED) is 0.306. The monoisotopic (exact) mass is 423 g/mol. The maximum absolute atomic E-state index is 13.3. The van der Waals surface area contributed by atoms with Crippen molar-refractivity contribution in [2.75, 3.05) is 7.11 Å². The van der Waals surface area contributed by atoms with E-state index < -0.39 is 11.7 Å². The van der Waals surface area contributed by atoms with Gasteiger partial charge in [0.05, 0.1) is 28.4 Å². The minimum absolute atomic E-state index is 0.365. The second-order valence-corrected chi connectivity index (χ2v) is 8.17. The van der Waals surface area contributed by atoms with Crippen molar-refractivity contribution in [3.63, 3.8) is 0 Å². The van der Waals surface area contributed by atoms with Gasteiger partial charge in [-0.25, -0.2) is 4.98 Å². The summed E-state index contributed by atoms with van der Waals surface area (Å²) in [5, 5.41) is 1.71. The van der Waals surface area contributed by atoms with Crippen molar-refractivity contribution in [3.05, 3.63) is 83.4 Å². The highest BCUT2D eigenvalue weighted by atomic mass is 32.1. The van der Waals surface area contributed by atoms with E-state index in [1.54, 1.807) is 24.5 Å². The van der Waals surface area contributed by atoms with E-state index in [0.717, 1.165) is 54.7 Å². The molecule has 150 valence electrons. The minimum Gasteiger partial charge on any atom is -0.497 e. The molecule has 0 aliphatic heterocycles. The van der Waals surface area contributed by atoms with Gasteiger partial charge in [0.25, 0.3) is 0 Å². The van der Waals surface area contributed by atoms with Gasteiger partial charge < -0.3 is 4.74 Å². The first-order valence-corrected chi connectivity index (χ1v) is 10.2. The third-order valence-electron chi connectivity index (χ3n) is 5.27. The maximum Gasteiger partial charge on any atom is 0.416 e. The SMILES string of the molecule is COc1ccc(Cc2c3ccc(C(F)(F)F)cc3nc3c2sc2ccccc23)cc1. The van der Waals surface area contributed by atoms with E-state index in [2.05, 4.69) is 4.98 Å². The van der Waals surface area contributed by atoms with Crippen LogP contribution in [0.3, 0.4) is 0 Å². The number of thiophene rings is 1. The first kappa shape index (κ1) is 18.9. The number of benzene rings is 3. The third-order valence-corrected chi connectivity index (χ3v) is 6.49. The molecule has 0 fully saturated rings. The lowest BCUT2D eigenvalue weighted by molar-refractivity contribution is -0.137. The molecule has 0 aliphatic carbocycles. The molecule has 0 radical (unpaired) electrons. The van der Waals surface area contributed by atoms with E-state index in [-0.39, 0.29) is 0 Å². The van der Waals surface area contributed by atoms with Crippen molar-refractivity contribution in [3.8, 4) is 5.75 Å². The average molecular weight is 423 g/mol. The van der Waals surface area contributed by atoms with Crippen LogP contribution in [-0.4, -0.2) is 12.1 Å². The zero-order valence-electron chi connectivity index (χ0n) is 16.0. The molecule has 0 amide bonds. The predicted octanol–water partition coefficient (Wildman–Crippen LogP) is 7.22. The Bertz CT molecular complexity index is 1390. The van der Waals surface area contributed by atoms with Gasteiger partial charge in [0, 0.05) is 15.5 Å². The summed E-state index contributed by atoms with van der Waals surface area (Å²) in [5.41, 5.74) is 2.49. The van der Waals surface area contributed by atoms with Gasteiger partial charge in [-0.2, -0.15) is 13.2 Å². The van der Waals surface area contributed by atoms with Gasteiger partial charge in [-0.1, -0.05) is 36.4 Å². The highest BCUT2D eigenvalue weighted by molar-refractivity contribution is 7.26. The van der Waals surface area contributed by atoms with E-state index in [0.29, 0.717) is 11.9 Å². The fraction of sp³-hybridized carbons (Fsp3) is 0.125. The molecule has 0 bridgehead atoms. The largest absolute Gasteiger partial charge is 0.497 e. The lowest BCUT2D eigenvalue weighted by Crippen LogP contribution is -2.05. The van der Waals surface area contributed by atoms with Gasteiger partial charge in [0.1, 0.15) is 5.75 Å². The molecule has 0 saturated carbocycles. The minimum atomic E-state index is -4.41. The van der Waals surface area contributed by atoms with Crippen LogP contribution in [0.1, 0.15) is 16.7 Å². The Labute approximate surface area is 174 Å². The lowest BCUT2D eigenvalue weighted by atomic mass is 9.98. The summed E-state index contributed by atoms with van der Waals surface area (Å²) < 4.78 is 47.2. The number of pyridine rings is 1. The van der Waals surface area contributed by atoms with Crippen molar-refractivity contribution in [2.24, 2.45) is 0 Å². The van der Waals surface area contributed by atoms with Crippen molar-refractivity contribution in [1.82, 2.24) is 4.98 Å². The molecule has 2 nitrogen and oxygen atoms in total. The van der Waals surface area contributed by atoms with Crippen LogP contribution < -0.4 is 4.74 Å². The predicted molar refractivity (Wildman–Crippen MR) is 115 cm³/mol. The van der Waals surface area contributed by atoms with Crippen LogP contribution in [-0.2, 0) is 12.6 Å². The molecule has 0 unspecified atom stereocenters. The smallest absolute Gasteiger partial charge is 0.416 e. The summed E-state index contributed by atoms with van der Waals surface area (Å²) in [6.45, 7) is 0. The summed E-state index contributed by atoms with van der Waals surface area (Å²) >= 11 is 1.63. The molecule has 0 spiro atoms. The molecular formula is C24H16F3NOS. The number of methoxy groups -OCH3 is 1. The van der Waals surface area contributed by atoms with Crippen LogP contribution in [0.25, 0.3) is 31.2 Å². The van der Waals surface area contributed by atoms with Gasteiger partial charge in [0.2, 0.25) is 0 Å². The first-order valence-electron chi connectivity index (χ1n) is 9.38. The Balaban J connectivity index is 1.79. The molecule has 6 heteroatoms. The second-order valence-electron chi connectivity index (χ2n) is 7.12. The third kappa shape index (κ3) is 3.17. The number of ether oxygens (including phenoxy) is 1. The van der Waals surface area contributed by atoms with Gasteiger partial charge in [0.15, 0.2) is 0 Å². The van der Waals surface area contributed by atoms with E-state index >= 15 is 0 Å². The van der Waals surface area contributed by atoms with Crippen LogP contribution in [0.5, 0.6) is 5.75 Å². The molecule has 3 aromatic carbocycles. The highest BCUT2D eigenvalue weighted by Gasteiger charge is 2.31. The van der Waals surface area contributed by atoms with Crippen LogP contribution in [0.15, 0.2) is 66.7 Å². The van der Waals surface area contributed by atoms with Crippen molar-refractivity contribution in [2.45, 2.75) is 12.6 Å². The molecule has 5 aromatic rings. The van der Waals surface area contributed by atoms with E-state index in [1.807, 2.05) is 48.5 Å². The number of rotatable bonds is 3. The maximum atomic E-state index is 13.3. The van der Waals surface area contributed by atoms with Crippen LogP contribution in [0, 0.1) is 0 Å². The Kier molecular flexibility index (Phi) is 4.40. The second kappa shape index (κ2) is 6.99. The Hall–Kier alpha value is -3.12. The Morgan fingerprint density at radius 1 is 0.933 bits per heavy atom. The number of hydrogen-bond donors (Lipinski definition) is 0. The van der Waals surface area contributed by atoms with Crippen molar-refractivity contribution in [1.29, 1.82) is 0 Å². The standard InChI is InChI=1S/C24H16F3NOS/c1-29-16-9-6-14(7-10-16)12-19-17-11-8-15(24(25,26)27)13-20(17)28-22-18-4-2-3-5-21(18)30-23(19)22/h2-11,13H,12H2,1H3. The van der Waals surface area contributed by atoms with E-state index in [4.69, 9.17) is 4.74 Å². The van der Waals surface area contributed by atoms with Gasteiger partial charge in [-0.15, -0.1) is 11.3 Å². The zero-order valence-corrected chi connectivity index (χ0v) is 16.8. The molecular weight excluding hydrogens is 407 g/mol. The topological polar surface area (TPSA) is 22.1 Å². The van der Waals surface area contributed by atoms with E-state index in [1.165, 1.54) is 0 Å². The molecule has 0 saturated heterocycles.